The monoisotopic (exact) mass is 394 g/mol. The van der Waals surface area contributed by atoms with Crippen LogP contribution in [0.4, 0.5) is 13.2 Å². The number of benzene rings is 1. The molecule has 3 rings (SSSR count). The van der Waals surface area contributed by atoms with Gasteiger partial charge < -0.3 is 9.64 Å². The molecule has 28 heavy (non-hydrogen) atoms. The molecule has 1 aromatic rings. The molecule has 0 spiro atoms. The van der Waals surface area contributed by atoms with E-state index in [4.69, 9.17) is 10.00 Å². The van der Waals surface area contributed by atoms with Crippen molar-refractivity contribution in [2.24, 2.45) is 11.3 Å². The van der Waals surface area contributed by atoms with Gasteiger partial charge >= 0.3 is 6.18 Å². The highest BCUT2D eigenvalue weighted by Crippen LogP contribution is 2.38. The van der Waals surface area contributed by atoms with Crippen LogP contribution >= 0.6 is 0 Å². The maximum Gasteiger partial charge on any atom is 0.417 e. The van der Waals surface area contributed by atoms with Crippen molar-refractivity contribution in [3.8, 4) is 11.8 Å². The standard InChI is InChI=1S/C21H25F3N2O2/c1-20(2)13-26(12-14-6-4-3-5-7-14)19(27)18(20)28-16-9-8-15(11-25)17(10-16)21(22,23)24/h8-10,14,18H,3-7,12-13H2,1-2H3. The van der Waals surface area contributed by atoms with Crippen molar-refractivity contribution in [1.29, 1.82) is 5.26 Å². The molecule has 152 valence electrons. The molecule has 1 aliphatic carbocycles. The number of amides is 1. The van der Waals surface area contributed by atoms with Crippen molar-refractivity contribution in [2.45, 2.75) is 58.2 Å². The van der Waals surface area contributed by atoms with Crippen LogP contribution in [-0.2, 0) is 11.0 Å². The number of rotatable bonds is 4. The average Bonchev–Trinajstić information content (AvgIpc) is 2.84. The topological polar surface area (TPSA) is 53.3 Å². The number of hydrogen-bond donors (Lipinski definition) is 0. The van der Waals surface area contributed by atoms with Gasteiger partial charge in [-0.25, -0.2) is 0 Å². The molecular formula is C21H25F3N2O2. The van der Waals surface area contributed by atoms with Crippen molar-refractivity contribution in [1.82, 2.24) is 4.90 Å². The molecule has 1 saturated heterocycles. The maximum atomic E-state index is 13.2. The second-order valence-electron chi connectivity index (χ2n) is 8.53. The van der Waals surface area contributed by atoms with E-state index in [2.05, 4.69) is 0 Å². The predicted octanol–water partition coefficient (Wildman–Crippen LogP) is 4.77. The number of likely N-dealkylation sites (tertiary alicyclic amines) is 1. The molecule has 1 atom stereocenters. The van der Waals surface area contributed by atoms with Gasteiger partial charge in [-0.05, 0) is 37.0 Å². The van der Waals surface area contributed by atoms with Gasteiger partial charge in [-0.3, -0.25) is 4.79 Å². The zero-order valence-electron chi connectivity index (χ0n) is 16.2. The Morgan fingerprint density at radius 2 is 1.93 bits per heavy atom. The minimum absolute atomic E-state index is 0.0442. The summed E-state index contributed by atoms with van der Waals surface area (Å²) in [5.41, 5.74) is -2.02. The lowest BCUT2D eigenvalue weighted by molar-refractivity contribution is -0.138. The SMILES string of the molecule is CC1(C)CN(CC2CCCCC2)C(=O)C1Oc1ccc(C#N)c(C(F)(F)F)c1. The van der Waals surface area contributed by atoms with Crippen molar-refractivity contribution in [2.75, 3.05) is 13.1 Å². The van der Waals surface area contributed by atoms with E-state index in [0.717, 1.165) is 25.0 Å². The summed E-state index contributed by atoms with van der Waals surface area (Å²) in [5.74, 6) is 0.268. The molecule has 1 heterocycles. The first-order chi connectivity index (χ1) is 13.1. The Morgan fingerprint density at radius 1 is 1.25 bits per heavy atom. The van der Waals surface area contributed by atoms with Crippen LogP contribution in [0, 0.1) is 22.7 Å². The molecule has 7 heteroatoms. The van der Waals surface area contributed by atoms with Crippen molar-refractivity contribution in [3.63, 3.8) is 0 Å². The fraction of sp³-hybridized carbons (Fsp3) is 0.619. The third-order valence-corrected chi connectivity index (χ3v) is 5.72. The van der Waals surface area contributed by atoms with Crippen LogP contribution in [0.2, 0.25) is 0 Å². The zero-order chi connectivity index (χ0) is 20.5. The highest BCUT2D eigenvalue weighted by Gasteiger charge is 2.48. The Morgan fingerprint density at radius 3 is 2.54 bits per heavy atom. The molecule has 2 fully saturated rings. The minimum atomic E-state index is -4.66. The molecule has 1 unspecified atom stereocenters. The summed E-state index contributed by atoms with van der Waals surface area (Å²) >= 11 is 0. The van der Waals surface area contributed by atoms with Crippen LogP contribution in [0.5, 0.6) is 5.75 Å². The molecule has 0 N–H and O–H groups in total. The third kappa shape index (κ3) is 4.26. The Labute approximate surface area is 163 Å². The fourth-order valence-electron chi connectivity index (χ4n) is 4.26. The molecule has 0 aromatic heterocycles. The lowest BCUT2D eigenvalue weighted by Crippen LogP contribution is -2.38. The predicted molar refractivity (Wildman–Crippen MR) is 97.5 cm³/mol. The number of ether oxygens (including phenoxy) is 1. The average molecular weight is 394 g/mol. The quantitative estimate of drug-likeness (QED) is 0.739. The van der Waals surface area contributed by atoms with Crippen LogP contribution in [0.15, 0.2) is 18.2 Å². The Kier molecular flexibility index (Phi) is 5.60. The smallest absolute Gasteiger partial charge is 0.417 e. The molecule has 0 bridgehead atoms. The van der Waals surface area contributed by atoms with Gasteiger partial charge in [0.25, 0.3) is 5.91 Å². The summed E-state index contributed by atoms with van der Waals surface area (Å²) in [6, 6.07) is 4.77. The Hall–Kier alpha value is -2.23. The first-order valence-corrected chi connectivity index (χ1v) is 9.68. The summed E-state index contributed by atoms with van der Waals surface area (Å²) < 4.78 is 45.4. The molecule has 1 aromatic carbocycles. The lowest BCUT2D eigenvalue weighted by atomic mass is 9.88. The van der Waals surface area contributed by atoms with Crippen molar-refractivity contribution >= 4 is 5.91 Å². The van der Waals surface area contributed by atoms with Gasteiger partial charge in [-0.1, -0.05) is 33.1 Å². The van der Waals surface area contributed by atoms with Gasteiger partial charge in [0.05, 0.1) is 17.2 Å². The molecule has 0 radical (unpaired) electrons. The third-order valence-electron chi connectivity index (χ3n) is 5.72. The van der Waals surface area contributed by atoms with E-state index < -0.39 is 28.8 Å². The summed E-state index contributed by atoms with van der Waals surface area (Å²) in [6.07, 6.45) is 0.322. The van der Waals surface area contributed by atoms with E-state index in [1.54, 1.807) is 11.0 Å². The van der Waals surface area contributed by atoms with Crippen molar-refractivity contribution < 1.29 is 22.7 Å². The van der Waals surface area contributed by atoms with Gasteiger partial charge in [0.15, 0.2) is 6.10 Å². The first-order valence-electron chi connectivity index (χ1n) is 9.68. The van der Waals surface area contributed by atoms with Gasteiger partial charge in [-0.15, -0.1) is 0 Å². The van der Waals surface area contributed by atoms with E-state index in [1.165, 1.54) is 25.3 Å². The van der Waals surface area contributed by atoms with E-state index in [1.807, 2.05) is 13.8 Å². The normalized spacial score (nSPS) is 22.9. The molecular weight excluding hydrogens is 369 g/mol. The van der Waals surface area contributed by atoms with Crippen LogP contribution in [0.1, 0.15) is 57.1 Å². The van der Waals surface area contributed by atoms with E-state index in [9.17, 15) is 18.0 Å². The second-order valence-corrected chi connectivity index (χ2v) is 8.53. The van der Waals surface area contributed by atoms with Gasteiger partial charge in [0, 0.05) is 18.5 Å². The minimum Gasteiger partial charge on any atom is -0.480 e. The largest absolute Gasteiger partial charge is 0.480 e. The number of carbonyl (C=O) groups excluding carboxylic acids is 1. The van der Waals surface area contributed by atoms with Crippen LogP contribution in [0.3, 0.4) is 0 Å². The summed E-state index contributed by atoms with van der Waals surface area (Å²) in [6.45, 7) is 4.99. The molecule has 4 nitrogen and oxygen atoms in total. The van der Waals surface area contributed by atoms with E-state index in [-0.39, 0.29) is 11.7 Å². The highest BCUT2D eigenvalue weighted by atomic mass is 19.4. The van der Waals surface area contributed by atoms with Crippen LogP contribution in [0.25, 0.3) is 0 Å². The second kappa shape index (κ2) is 7.65. The van der Waals surface area contributed by atoms with E-state index >= 15 is 0 Å². The Balaban J connectivity index is 1.77. The zero-order valence-corrected chi connectivity index (χ0v) is 16.2. The number of nitrogens with zero attached hydrogens (tertiary/aromatic N) is 2. The van der Waals surface area contributed by atoms with Gasteiger partial charge in [0.1, 0.15) is 5.75 Å². The molecule has 2 aliphatic rings. The maximum absolute atomic E-state index is 13.2. The number of halogens is 3. The molecule has 1 amide bonds. The van der Waals surface area contributed by atoms with Crippen LogP contribution in [-0.4, -0.2) is 30.0 Å². The summed E-state index contributed by atoms with van der Waals surface area (Å²) in [5, 5.41) is 8.92. The van der Waals surface area contributed by atoms with Crippen LogP contribution < -0.4 is 4.74 Å². The number of hydrogen-bond acceptors (Lipinski definition) is 3. The number of carbonyl (C=O) groups is 1. The number of alkyl halides is 3. The summed E-state index contributed by atoms with van der Waals surface area (Å²) in [4.78, 5) is 14.7. The first kappa shape index (κ1) is 20.5. The molecule has 1 aliphatic heterocycles. The van der Waals surface area contributed by atoms with Gasteiger partial charge in [-0.2, -0.15) is 18.4 Å². The number of nitriles is 1. The van der Waals surface area contributed by atoms with Crippen molar-refractivity contribution in [3.05, 3.63) is 29.3 Å². The summed E-state index contributed by atoms with van der Waals surface area (Å²) in [7, 11) is 0. The lowest BCUT2D eigenvalue weighted by Gasteiger charge is -2.27. The molecule has 1 saturated carbocycles. The highest BCUT2D eigenvalue weighted by molar-refractivity contribution is 5.84. The Bertz CT molecular complexity index is 777. The fourth-order valence-corrected chi connectivity index (χ4v) is 4.26. The van der Waals surface area contributed by atoms with E-state index in [0.29, 0.717) is 19.0 Å². The van der Waals surface area contributed by atoms with Gasteiger partial charge in [0.2, 0.25) is 0 Å².